The minimum Gasteiger partial charge on any atom is -0.295 e. The van der Waals surface area contributed by atoms with E-state index in [-0.39, 0.29) is 0 Å². The molecule has 2 rings (SSSR count). The third kappa shape index (κ3) is 2.58. The molecule has 0 aliphatic heterocycles. The quantitative estimate of drug-likeness (QED) is 0.864. The van der Waals surface area contributed by atoms with Crippen LogP contribution in [0.25, 0.3) is 11.5 Å². The molecule has 0 amide bonds. The molecule has 0 aliphatic carbocycles. The van der Waals surface area contributed by atoms with Gasteiger partial charge in [0.2, 0.25) is 0 Å². The Bertz CT molecular complexity index is 532. The molecule has 0 aliphatic rings. The van der Waals surface area contributed by atoms with Crippen molar-refractivity contribution in [2.75, 3.05) is 12.0 Å². The second kappa shape index (κ2) is 5.46. The van der Waals surface area contributed by atoms with Crippen LogP contribution in [-0.2, 0) is 0 Å². The fraction of sp³-hybridized carbons (Fsp3) is 0.364. The van der Waals surface area contributed by atoms with Crippen molar-refractivity contribution in [3.8, 4) is 11.5 Å². The standard InChI is InChI=1S/C11H14N4S2/c1-8(7-17-2)15-10(13-14-11(15)16)9-5-3-4-6-12-9/h3-6,8H,7H2,1-2H3,(H,14,16). The van der Waals surface area contributed by atoms with E-state index in [4.69, 9.17) is 12.2 Å². The van der Waals surface area contributed by atoms with Crippen LogP contribution in [0.4, 0.5) is 0 Å². The molecule has 6 heteroatoms. The topological polar surface area (TPSA) is 46.5 Å². The van der Waals surface area contributed by atoms with Gasteiger partial charge in [-0.05, 0) is 37.5 Å². The number of rotatable bonds is 4. The number of aromatic amines is 1. The molecule has 2 aromatic rings. The summed E-state index contributed by atoms with van der Waals surface area (Å²) in [4.78, 5) is 4.31. The van der Waals surface area contributed by atoms with Gasteiger partial charge in [0.1, 0.15) is 5.69 Å². The molecule has 0 fully saturated rings. The van der Waals surface area contributed by atoms with Crippen LogP contribution in [0.1, 0.15) is 13.0 Å². The zero-order valence-corrected chi connectivity index (χ0v) is 11.4. The molecule has 0 aromatic carbocycles. The van der Waals surface area contributed by atoms with Gasteiger partial charge < -0.3 is 0 Å². The number of thioether (sulfide) groups is 1. The maximum absolute atomic E-state index is 5.27. The summed E-state index contributed by atoms with van der Waals surface area (Å²) in [5.41, 5.74) is 0.841. The van der Waals surface area contributed by atoms with E-state index in [2.05, 4.69) is 28.4 Å². The maximum Gasteiger partial charge on any atom is 0.195 e. The van der Waals surface area contributed by atoms with Gasteiger partial charge in [-0.15, -0.1) is 0 Å². The van der Waals surface area contributed by atoms with Gasteiger partial charge in [-0.2, -0.15) is 16.9 Å². The van der Waals surface area contributed by atoms with Crippen LogP contribution < -0.4 is 0 Å². The molecule has 90 valence electrons. The summed E-state index contributed by atoms with van der Waals surface area (Å²) >= 11 is 7.06. The van der Waals surface area contributed by atoms with E-state index in [0.717, 1.165) is 17.3 Å². The molecule has 0 radical (unpaired) electrons. The monoisotopic (exact) mass is 266 g/mol. The summed E-state index contributed by atoms with van der Waals surface area (Å²) in [6, 6.07) is 6.07. The highest BCUT2D eigenvalue weighted by atomic mass is 32.2. The largest absolute Gasteiger partial charge is 0.295 e. The van der Waals surface area contributed by atoms with Crippen molar-refractivity contribution in [3.63, 3.8) is 0 Å². The normalized spacial score (nSPS) is 12.6. The van der Waals surface area contributed by atoms with Crippen molar-refractivity contribution in [1.29, 1.82) is 0 Å². The van der Waals surface area contributed by atoms with Crippen LogP contribution in [0.3, 0.4) is 0 Å². The average molecular weight is 266 g/mol. The maximum atomic E-state index is 5.27. The van der Waals surface area contributed by atoms with Gasteiger partial charge in [-0.25, -0.2) is 0 Å². The highest BCUT2D eigenvalue weighted by Crippen LogP contribution is 2.20. The van der Waals surface area contributed by atoms with Crippen LogP contribution in [0, 0.1) is 4.77 Å². The van der Waals surface area contributed by atoms with E-state index in [1.807, 2.05) is 22.8 Å². The first-order valence-electron chi connectivity index (χ1n) is 5.31. The molecule has 0 saturated heterocycles. The molecular weight excluding hydrogens is 252 g/mol. The van der Waals surface area contributed by atoms with Crippen LogP contribution in [0.5, 0.6) is 0 Å². The first kappa shape index (κ1) is 12.3. The van der Waals surface area contributed by atoms with E-state index in [0.29, 0.717) is 10.8 Å². The van der Waals surface area contributed by atoms with Crippen molar-refractivity contribution < 1.29 is 0 Å². The summed E-state index contributed by atoms with van der Waals surface area (Å²) in [7, 11) is 0. The first-order chi connectivity index (χ1) is 8.24. The molecule has 1 atom stereocenters. The van der Waals surface area contributed by atoms with Gasteiger partial charge in [0, 0.05) is 18.0 Å². The number of aromatic nitrogens is 4. The predicted molar refractivity (Wildman–Crippen MR) is 73.7 cm³/mol. The molecule has 1 unspecified atom stereocenters. The molecule has 0 bridgehead atoms. The van der Waals surface area contributed by atoms with Crippen molar-refractivity contribution in [3.05, 3.63) is 29.2 Å². The summed E-state index contributed by atoms with van der Waals surface area (Å²) in [5.74, 6) is 1.80. The fourth-order valence-electron chi connectivity index (χ4n) is 1.71. The Morgan fingerprint density at radius 1 is 1.53 bits per heavy atom. The van der Waals surface area contributed by atoms with Crippen LogP contribution >= 0.6 is 24.0 Å². The molecule has 2 heterocycles. The third-order valence-electron chi connectivity index (χ3n) is 2.45. The molecule has 1 N–H and O–H groups in total. The van der Waals surface area contributed by atoms with Gasteiger partial charge >= 0.3 is 0 Å². The lowest BCUT2D eigenvalue weighted by Gasteiger charge is -2.13. The molecule has 2 aromatic heterocycles. The second-order valence-corrected chi connectivity index (χ2v) is 5.04. The number of H-pyrrole nitrogens is 1. The number of hydrogen-bond acceptors (Lipinski definition) is 4. The summed E-state index contributed by atoms with van der Waals surface area (Å²) in [6.45, 7) is 2.13. The fourth-order valence-corrected chi connectivity index (χ4v) is 2.65. The SMILES string of the molecule is CSCC(C)n1c(-c2ccccn2)n[nH]c1=S. The van der Waals surface area contributed by atoms with Crippen LogP contribution in [0.15, 0.2) is 24.4 Å². The minimum atomic E-state index is 0.299. The van der Waals surface area contributed by atoms with E-state index in [1.54, 1.807) is 18.0 Å². The van der Waals surface area contributed by atoms with Gasteiger partial charge in [0.05, 0.1) is 0 Å². The summed E-state index contributed by atoms with van der Waals surface area (Å²) < 4.78 is 2.67. The Balaban J connectivity index is 2.46. The van der Waals surface area contributed by atoms with E-state index < -0.39 is 0 Å². The highest BCUT2D eigenvalue weighted by Gasteiger charge is 2.14. The van der Waals surface area contributed by atoms with E-state index in [9.17, 15) is 0 Å². The van der Waals surface area contributed by atoms with Gasteiger partial charge in [-0.1, -0.05) is 6.07 Å². The number of pyridine rings is 1. The zero-order chi connectivity index (χ0) is 12.3. The Morgan fingerprint density at radius 2 is 2.35 bits per heavy atom. The van der Waals surface area contributed by atoms with Crippen LogP contribution in [0.2, 0.25) is 0 Å². The van der Waals surface area contributed by atoms with Gasteiger partial charge in [0.15, 0.2) is 10.6 Å². The average Bonchev–Trinajstić information content (AvgIpc) is 2.73. The van der Waals surface area contributed by atoms with Crippen molar-refractivity contribution in [2.45, 2.75) is 13.0 Å². The van der Waals surface area contributed by atoms with Gasteiger partial charge in [0.25, 0.3) is 0 Å². The number of hydrogen-bond donors (Lipinski definition) is 1. The zero-order valence-electron chi connectivity index (χ0n) is 9.75. The molecule has 4 nitrogen and oxygen atoms in total. The predicted octanol–water partition coefficient (Wildman–Crippen LogP) is 2.93. The summed E-state index contributed by atoms with van der Waals surface area (Å²) in [5, 5.41) is 7.10. The van der Waals surface area contributed by atoms with Crippen molar-refractivity contribution in [1.82, 2.24) is 19.7 Å². The number of nitrogens with one attached hydrogen (secondary N) is 1. The molecule has 0 saturated carbocycles. The lowest BCUT2D eigenvalue weighted by molar-refractivity contribution is 0.605. The first-order valence-corrected chi connectivity index (χ1v) is 7.11. The molecule has 0 spiro atoms. The van der Waals surface area contributed by atoms with E-state index in [1.165, 1.54) is 0 Å². The molecule has 17 heavy (non-hydrogen) atoms. The smallest absolute Gasteiger partial charge is 0.195 e. The lowest BCUT2D eigenvalue weighted by Crippen LogP contribution is -2.10. The Kier molecular flexibility index (Phi) is 3.96. The lowest BCUT2D eigenvalue weighted by atomic mass is 10.3. The van der Waals surface area contributed by atoms with Crippen molar-refractivity contribution in [2.24, 2.45) is 0 Å². The van der Waals surface area contributed by atoms with Crippen molar-refractivity contribution >= 4 is 24.0 Å². The highest BCUT2D eigenvalue weighted by molar-refractivity contribution is 7.98. The summed E-state index contributed by atoms with van der Waals surface area (Å²) in [6.07, 6.45) is 3.84. The third-order valence-corrected chi connectivity index (χ3v) is 3.55. The Morgan fingerprint density at radius 3 is 3.00 bits per heavy atom. The van der Waals surface area contributed by atoms with Gasteiger partial charge in [-0.3, -0.25) is 14.6 Å². The number of nitrogens with zero attached hydrogens (tertiary/aromatic N) is 3. The Labute approximate surface area is 109 Å². The minimum absolute atomic E-state index is 0.299. The second-order valence-electron chi connectivity index (χ2n) is 3.74. The van der Waals surface area contributed by atoms with Crippen LogP contribution in [-0.4, -0.2) is 31.8 Å². The molecular formula is C11H14N4S2. The Hall–Kier alpha value is -1.14. The van der Waals surface area contributed by atoms with E-state index >= 15 is 0 Å².